The molecule has 1 aromatic carbocycles. The maximum atomic E-state index is 11.5. The molecule has 6 heteroatoms. The zero-order chi connectivity index (χ0) is 13.7. The van der Waals surface area contributed by atoms with Crippen LogP contribution in [-0.4, -0.2) is 24.3 Å². The summed E-state index contributed by atoms with van der Waals surface area (Å²) in [7, 11) is 0. The summed E-state index contributed by atoms with van der Waals surface area (Å²) in [6.45, 7) is 2.16. The van der Waals surface area contributed by atoms with Gasteiger partial charge in [-0.25, -0.2) is 4.79 Å². The van der Waals surface area contributed by atoms with Crippen molar-refractivity contribution in [1.82, 2.24) is 5.16 Å². The molecule has 0 radical (unpaired) electrons. The van der Waals surface area contributed by atoms with Gasteiger partial charge < -0.3 is 14.0 Å². The Morgan fingerprint density at radius 3 is 2.68 bits per heavy atom. The molecule has 0 spiro atoms. The predicted molar refractivity (Wildman–Crippen MR) is 71.2 cm³/mol. The molecule has 0 amide bonds. The summed E-state index contributed by atoms with van der Waals surface area (Å²) in [5.41, 5.74) is 0.637. The van der Waals surface area contributed by atoms with Gasteiger partial charge in [-0.05, 0) is 31.2 Å². The summed E-state index contributed by atoms with van der Waals surface area (Å²) < 4.78 is 16.2. The van der Waals surface area contributed by atoms with E-state index in [0.717, 1.165) is 10.2 Å². The van der Waals surface area contributed by atoms with Crippen molar-refractivity contribution in [1.29, 1.82) is 0 Å². The molecule has 19 heavy (non-hydrogen) atoms. The van der Waals surface area contributed by atoms with Crippen molar-refractivity contribution in [2.45, 2.75) is 6.92 Å². The first-order valence-electron chi connectivity index (χ1n) is 5.64. The molecule has 1 aromatic heterocycles. The quantitative estimate of drug-likeness (QED) is 0.624. The van der Waals surface area contributed by atoms with Crippen LogP contribution in [-0.2, 0) is 4.74 Å². The summed E-state index contributed by atoms with van der Waals surface area (Å²) in [5.74, 6) is 0.274. The summed E-state index contributed by atoms with van der Waals surface area (Å²) in [4.78, 5) is 11.5. The lowest BCUT2D eigenvalue weighted by Gasteiger charge is -2.06. The molecule has 0 saturated heterocycles. The Hall–Kier alpha value is -1.82. The Labute approximate surface area is 118 Å². The third-order valence-corrected chi connectivity index (χ3v) is 2.76. The Morgan fingerprint density at radius 1 is 1.32 bits per heavy atom. The van der Waals surface area contributed by atoms with Gasteiger partial charge in [-0.3, -0.25) is 0 Å². The largest absolute Gasteiger partial charge is 0.490 e. The van der Waals surface area contributed by atoms with Crippen molar-refractivity contribution in [2.24, 2.45) is 0 Å². The van der Waals surface area contributed by atoms with E-state index in [9.17, 15) is 4.79 Å². The first-order valence-corrected chi connectivity index (χ1v) is 6.43. The molecule has 0 aliphatic carbocycles. The van der Waals surface area contributed by atoms with Crippen LogP contribution in [0.3, 0.4) is 0 Å². The number of carbonyl (C=O) groups excluding carboxylic acids is 1. The third-order valence-electron chi connectivity index (χ3n) is 2.23. The summed E-state index contributed by atoms with van der Waals surface area (Å²) in [6.07, 6.45) is 0. The third kappa shape index (κ3) is 4.10. The highest BCUT2D eigenvalue weighted by molar-refractivity contribution is 9.10. The van der Waals surface area contributed by atoms with Crippen LogP contribution in [0, 0.1) is 6.92 Å². The van der Waals surface area contributed by atoms with Crippen LogP contribution in [0.1, 0.15) is 16.2 Å². The predicted octanol–water partition coefficient (Wildman–Crippen LogP) is 2.98. The molecule has 0 bridgehead atoms. The van der Waals surface area contributed by atoms with E-state index in [1.54, 1.807) is 6.92 Å². The fourth-order valence-corrected chi connectivity index (χ4v) is 1.62. The van der Waals surface area contributed by atoms with Crippen molar-refractivity contribution >= 4 is 21.9 Å². The smallest absolute Gasteiger partial charge is 0.377 e. The summed E-state index contributed by atoms with van der Waals surface area (Å²) in [5, 5.41) is 3.61. The van der Waals surface area contributed by atoms with Gasteiger partial charge in [0.2, 0.25) is 5.76 Å². The lowest BCUT2D eigenvalue weighted by Crippen LogP contribution is -2.11. The fourth-order valence-electron chi connectivity index (χ4n) is 1.36. The molecule has 5 nitrogen and oxygen atoms in total. The lowest BCUT2D eigenvalue weighted by molar-refractivity contribution is 0.0405. The highest BCUT2D eigenvalue weighted by atomic mass is 79.9. The highest BCUT2D eigenvalue weighted by Crippen LogP contribution is 2.15. The first-order chi connectivity index (χ1) is 9.15. The number of aryl methyl sites for hydroxylation is 1. The molecule has 0 fully saturated rings. The molecule has 0 atom stereocenters. The van der Waals surface area contributed by atoms with Gasteiger partial charge in [0, 0.05) is 10.5 Å². The van der Waals surface area contributed by atoms with Gasteiger partial charge >= 0.3 is 5.97 Å². The fraction of sp³-hybridized carbons (Fsp3) is 0.231. The monoisotopic (exact) mass is 325 g/mol. The number of hydrogen-bond donors (Lipinski definition) is 0. The van der Waals surface area contributed by atoms with Crippen molar-refractivity contribution in [3.05, 3.63) is 46.3 Å². The van der Waals surface area contributed by atoms with Gasteiger partial charge in [0.25, 0.3) is 0 Å². The number of ether oxygens (including phenoxy) is 2. The average molecular weight is 326 g/mol. The van der Waals surface area contributed by atoms with Crippen LogP contribution < -0.4 is 4.74 Å². The Kier molecular flexibility index (Phi) is 4.57. The standard InChI is InChI=1S/C13H12BrNO4/c1-9-8-12(19-15-9)13(16)18-7-6-17-11-4-2-10(14)3-5-11/h2-5,8H,6-7H2,1H3. The molecular formula is C13H12BrNO4. The van der Waals surface area contributed by atoms with Crippen LogP contribution in [0.2, 0.25) is 0 Å². The lowest BCUT2D eigenvalue weighted by atomic mass is 10.3. The van der Waals surface area contributed by atoms with Gasteiger partial charge in [-0.1, -0.05) is 21.1 Å². The molecule has 2 aromatic rings. The number of hydrogen-bond acceptors (Lipinski definition) is 5. The van der Waals surface area contributed by atoms with E-state index in [-0.39, 0.29) is 19.0 Å². The number of nitrogens with zero attached hydrogens (tertiary/aromatic N) is 1. The topological polar surface area (TPSA) is 61.6 Å². The van der Waals surface area contributed by atoms with Gasteiger partial charge in [-0.15, -0.1) is 0 Å². The molecule has 2 rings (SSSR count). The van der Waals surface area contributed by atoms with Gasteiger partial charge in [0.05, 0.1) is 5.69 Å². The molecule has 0 unspecified atom stereocenters. The maximum Gasteiger partial charge on any atom is 0.377 e. The van der Waals surface area contributed by atoms with Crippen LogP contribution in [0.15, 0.2) is 39.3 Å². The molecule has 100 valence electrons. The van der Waals surface area contributed by atoms with E-state index in [4.69, 9.17) is 14.0 Å². The van der Waals surface area contributed by atoms with E-state index in [2.05, 4.69) is 21.1 Å². The second-order valence-corrected chi connectivity index (χ2v) is 4.69. The van der Waals surface area contributed by atoms with Crippen LogP contribution in [0.25, 0.3) is 0 Å². The van der Waals surface area contributed by atoms with Crippen LogP contribution >= 0.6 is 15.9 Å². The van der Waals surface area contributed by atoms with Crippen molar-refractivity contribution in [3.63, 3.8) is 0 Å². The molecule has 0 aliphatic rings. The summed E-state index contributed by atoms with van der Waals surface area (Å²) >= 11 is 3.33. The SMILES string of the molecule is Cc1cc(C(=O)OCCOc2ccc(Br)cc2)on1. The Morgan fingerprint density at radius 2 is 2.05 bits per heavy atom. The molecule has 0 aliphatic heterocycles. The van der Waals surface area contributed by atoms with Crippen LogP contribution in [0.4, 0.5) is 0 Å². The number of benzene rings is 1. The minimum Gasteiger partial charge on any atom is -0.490 e. The van der Waals surface area contributed by atoms with Gasteiger partial charge in [-0.2, -0.15) is 0 Å². The zero-order valence-corrected chi connectivity index (χ0v) is 11.8. The van der Waals surface area contributed by atoms with E-state index in [1.807, 2.05) is 24.3 Å². The van der Waals surface area contributed by atoms with Crippen molar-refractivity contribution in [3.8, 4) is 5.75 Å². The molecule has 1 heterocycles. The minimum absolute atomic E-state index is 0.0983. The van der Waals surface area contributed by atoms with E-state index in [0.29, 0.717) is 5.69 Å². The Bertz CT molecular complexity index is 550. The van der Waals surface area contributed by atoms with Gasteiger partial charge in [0.15, 0.2) is 0 Å². The van der Waals surface area contributed by atoms with E-state index < -0.39 is 5.97 Å². The maximum absolute atomic E-state index is 11.5. The number of halogens is 1. The van der Waals surface area contributed by atoms with E-state index in [1.165, 1.54) is 6.07 Å². The normalized spacial score (nSPS) is 10.2. The molecule has 0 N–H and O–H groups in total. The molecular weight excluding hydrogens is 314 g/mol. The van der Waals surface area contributed by atoms with Gasteiger partial charge in [0.1, 0.15) is 19.0 Å². The average Bonchev–Trinajstić information content (AvgIpc) is 2.83. The summed E-state index contributed by atoms with van der Waals surface area (Å²) in [6, 6.07) is 8.92. The zero-order valence-electron chi connectivity index (χ0n) is 10.3. The molecule has 0 saturated carbocycles. The van der Waals surface area contributed by atoms with Crippen LogP contribution in [0.5, 0.6) is 5.75 Å². The highest BCUT2D eigenvalue weighted by Gasteiger charge is 2.12. The van der Waals surface area contributed by atoms with Crippen molar-refractivity contribution in [2.75, 3.05) is 13.2 Å². The first kappa shape index (κ1) is 13.6. The minimum atomic E-state index is -0.542. The number of carbonyl (C=O) groups is 1. The van der Waals surface area contributed by atoms with Crippen molar-refractivity contribution < 1.29 is 18.8 Å². The number of aromatic nitrogens is 1. The second-order valence-electron chi connectivity index (χ2n) is 3.77. The Balaban J connectivity index is 1.72. The van der Waals surface area contributed by atoms with E-state index >= 15 is 0 Å². The second kappa shape index (κ2) is 6.38. The number of rotatable bonds is 5. The number of esters is 1.